The van der Waals surface area contributed by atoms with Gasteiger partial charge in [-0.15, -0.1) is 0 Å². The number of nitrogens with zero attached hydrogens (tertiary/aromatic N) is 4. The molecule has 0 bridgehead atoms. The van der Waals surface area contributed by atoms with Crippen molar-refractivity contribution < 1.29 is 4.39 Å². The normalized spacial score (nSPS) is 10.9. The highest BCUT2D eigenvalue weighted by molar-refractivity contribution is 5.89. The summed E-state index contributed by atoms with van der Waals surface area (Å²) in [4.78, 5) is 8.40. The van der Waals surface area contributed by atoms with E-state index in [2.05, 4.69) is 20.4 Å². The van der Waals surface area contributed by atoms with Gasteiger partial charge in [0.25, 0.3) is 0 Å². The highest BCUT2D eigenvalue weighted by Gasteiger charge is 2.14. The average Bonchev–Trinajstić information content (AvgIpc) is 2.76. The summed E-state index contributed by atoms with van der Waals surface area (Å²) in [6, 6.07) is 6.26. The fourth-order valence-electron chi connectivity index (χ4n) is 2.09. The topological polar surface area (TPSA) is 55.6 Å². The number of aryl methyl sites for hydroxylation is 1. The number of fused-ring (bicyclic) bond motifs is 1. The van der Waals surface area contributed by atoms with Crippen molar-refractivity contribution in [2.24, 2.45) is 0 Å². The quantitative estimate of drug-likeness (QED) is 0.765. The number of nitrogens with one attached hydrogen (secondary N) is 1. The van der Waals surface area contributed by atoms with Crippen LogP contribution in [0.4, 0.5) is 10.2 Å². The number of aromatic nitrogens is 4. The lowest BCUT2D eigenvalue weighted by atomic mass is 10.3. The van der Waals surface area contributed by atoms with E-state index in [1.54, 1.807) is 23.9 Å². The SMILES string of the molecule is CNc1ncnc2c1c(C)nn2-c1cccc(F)c1. The van der Waals surface area contributed by atoms with Gasteiger partial charge in [0.05, 0.1) is 16.8 Å². The third kappa shape index (κ3) is 1.81. The van der Waals surface area contributed by atoms with E-state index in [0.29, 0.717) is 17.2 Å². The predicted molar refractivity (Wildman–Crippen MR) is 70.9 cm³/mol. The molecular weight excluding hydrogens is 245 g/mol. The molecule has 5 nitrogen and oxygen atoms in total. The highest BCUT2D eigenvalue weighted by atomic mass is 19.1. The first-order valence-corrected chi connectivity index (χ1v) is 5.84. The zero-order chi connectivity index (χ0) is 13.4. The molecule has 0 aliphatic heterocycles. The first kappa shape index (κ1) is 11.6. The Labute approximate surface area is 109 Å². The molecular formula is C13H12FN5. The summed E-state index contributed by atoms with van der Waals surface area (Å²) in [5.41, 5.74) is 2.09. The molecule has 3 rings (SSSR count). The smallest absolute Gasteiger partial charge is 0.168 e. The molecule has 1 aromatic carbocycles. The van der Waals surface area contributed by atoms with Crippen molar-refractivity contribution >= 4 is 16.9 Å². The van der Waals surface area contributed by atoms with Gasteiger partial charge in [-0.2, -0.15) is 5.10 Å². The molecule has 1 N–H and O–H groups in total. The predicted octanol–water partition coefficient (Wildman–Crippen LogP) is 2.30. The minimum Gasteiger partial charge on any atom is -0.372 e. The second-order valence-corrected chi connectivity index (χ2v) is 4.15. The Morgan fingerprint density at radius 3 is 2.84 bits per heavy atom. The van der Waals surface area contributed by atoms with Gasteiger partial charge < -0.3 is 5.32 Å². The Balaban J connectivity index is 2.31. The third-order valence-corrected chi connectivity index (χ3v) is 2.93. The Kier molecular flexibility index (Phi) is 2.63. The lowest BCUT2D eigenvalue weighted by Crippen LogP contribution is -1.99. The summed E-state index contributed by atoms with van der Waals surface area (Å²) in [6.45, 7) is 1.88. The van der Waals surface area contributed by atoms with Gasteiger partial charge in [0.2, 0.25) is 0 Å². The molecule has 0 atom stereocenters. The van der Waals surface area contributed by atoms with Crippen molar-refractivity contribution in [2.75, 3.05) is 12.4 Å². The molecule has 3 aromatic rings. The number of hydrogen-bond acceptors (Lipinski definition) is 4. The average molecular weight is 257 g/mol. The molecule has 0 radical (unpaired) electrons. The van der Waals surface area contributed by atoms with Crippen molar-refractivity contribution in [2.45, 2.75) is 6.92 Å². The third-order valence-electron chi connectivity index (χ3n) is 2.93. The molecule has 0 aliphatic carbocycles. The summed E-state index contributed by atoms with van der Waals surface area (Å²) in [5.74, 6) is 0.409. The lowest BCUT2D eigenvalue weighted by molar-refractivity contribution is 0.625. The minimum absolute atomic E-state index is 0.304. The summed E-state index contributed by atoms with van der Waals surface area (Å²) >= 11 is 0. The molecule has 0 aliphatic rings. The molecule has 0 spiro atoms. The fraction of sp³-hybridized carbons (Fsp3) is 0.154. The van der Waals surface area contributed by atoms with Crippen LogP contribution in [0.25, 0.3) is 16.7 Å². The van der Waals surface area contributed by atoms with E-state index in [0.717, 1.165) is 11.1 Å². The van der Waals surface area contributed by atoms with Gasteiger partial charge in [-0.25, -0.2) is 19.0 Å². The number of halogens is 1. The van der Waals surface area contributed by atoms with Crippen molar-refractivity contribution in [3.05, 3.63) is 42.1 Å². The van der Waals surface area contributed by atoms with Gasteiger partial charge in [-0.05, 0) is 25.1 Å². The van der Waals surface area contributed by atoms with E-state index >= 15 is 0 Å². The van der Waals surface area contributed by atoms with E-state index in [9.17, 15) is 4.39 Å². The van der Waals surface area contributed by atoms with Gasteiger partial charge in [0.1, 0.15) is 18.0 Å². The van der Waals surface area contributed by atoms with Gasteiger partial charge in [-0.3, -0.25) is 0 Å². The maximum absolute atomic E-state index is 13.3. The number of hydrogen-bond donors (Lipinski definition) is 1. The summed E-state index contributed by atoms with van der Waals surface area (Å²) in [5, 5.41) is 8.27. The number of anilines is 1. The van der Waals surface area contributed by atoms with E-state index in [4.69, 9.17) is 0 Å². The first-order chi connectivity index (χ1) is 9.20. The number of rotatable bonds is 2. The maximum Gasteiger partial charge on any atom is 0.168 e. The van der Waals surface area contributed by atoms with Crippen LogP contribution >= 0.6 is 0 Å². The second kappa shape index (κ2) is 4.31. The van der Waals surface area contributed by atoms with Crippen LogP contribution in [0.5, 0.6) is 0 Å². The van der Waals surface area contributed by atoms with Crippen LogP contribution < -0.4 is 5.32 Å². The first-order valence-electron chi connectivity index (χ1n) is 5.84. The van der Waals surface area contributed by atoms with Crippen molar-refractivity contribution in [1.29, 1.82) is 0 Å². The monoisotopic (exact) mass is 257 g/mol. The molecule has 6 heteroatoms. The molecule has 19 heavy (non-hydrogen) atoms. The van der Waals surface area contributed by atoms with E-state index in [1.165, 1.54) is 18.5 Å². The van der Waals surface area contributed by atoms with E-state index in [1.807, 2.05) is 6.92 Å². The summed E-state index contributed by atoms with van der Waals surface area (Å²) in [6.07, 6.45) is 1.46. The molecule has 0 unspecified atom stereocenters. The van der Waals surface area contributed by atoms with Crippen molar-refractivity contribution in [1.82, 2.24) is 19.7 Å². The molecule has 0 saturated heterocycles. The molecule has 0 fully saturated rings. The Morgan fingerprint density at radius 1 is 1.26 bits per heavy atom. The van der Waals surface area contributed by atoms with E-state index in [-0.39, 0.29) is 5.82 Å². The van der Waals surface area contributed by atoms with Crippen LogP contribution in [0.3, 0.4) is 0 Å². The molecule has 2 aromatic heterocycles. The lowest BCUT2D eigenvalue weighted by Gasteiger charge is -2.03. The van der Waals surface area contributed by atoms with Crippen LogP contribution in [0.15, 0.2) is 30.6 Å². The van der Waals surface area contributed by atoms with E-state index < -0.39 is 0 Å². The van der Waals surface area contributed by atoms with Gasteiger partial charge in [-0.1, -0.05) is 6.07 Å². The second-order valence-electron chi connectivity index (χ2n) is 4.15. The summed E-state index contributed by atoms with van der Waals surface area (Å²) < 4.78 is 14.9. The molecule has 0 saturated carbocycles. The molecule has 0 amide bonds. The Hall–Kier alpha value is -2.50. The zero-order valence-corrected chi connectivity index (χ0v) is 10.6. The fourth-order valence-corrected chi connectivity index (χ4v) is 2.09. The van der Waals surface area contributed by atoms with Crippen molar-refractivity contribution in [3.8, 4) is 5.69 Å². The minimum atomic E-state index is -0.304. The highest BCUT2D eigenvalue weighted by Crippen LogP contribution is 2.24. The molecule has 2 heterocycles. The number of benzene rings is 1. The Bertz CT molecular complexity index is 750. The van der Waals surface area contributed by atoms with Crippen LogP contribution in [-0.2, 0) is 0 Å². The zero-order valence-electron chi connectivity index (χ0n) is 10.6. The summed E-state index contributed by atoms with van der Waals surface area (Å²) in [7, 11) is 1.79. The van der Waals surface area contributed by atoms with Gasteiger partial charge in [0, 0.05) is 7.05 Å². The van der Waals surface area contributed by atoms with Gasteiger partial charge >= 0.3 is 0 Å². The van der Waals surface area contributed by atoms with Crippen LogP contribution in [0, 0.1) is 12.7 Å². The van der Waals surface area contributed by atoms with Crippen LogP contribution in [0.1, 0.15) is 5.69 Å². The largest absolute Gasteiger partial charge is 0.372 e. The maximum atomic E-state index is 13.3. The molecule has 96 valence electrons. The van der Waals surface area contributed by atoms with Crippen LogP contribution in [-0.4, -0.2) is 26.8 Å². The van der Waals surface area contributed by atoms with Crippen molar-refractivity contribution in [3.63, 3.8) is 0 Å². The van der Waals surface area contributed by atoms with Gasteiger partial charge in [0.15, 0.2) is 5.65 Å². The Morgan fingerprint density at radius 2 is 2.11 bits per heavy atom. The van der Waals surface area contributed by atoms with Crippen LogP contribution in [0.2, 0.25) is 0 Å². The standard InChI is InChI=1S/C13H12FN5/c1-8-11-12(15-2)16-7-17-13(11)19(18-8)10-5-3-4-9(14)6-10/h3-7H,1-2H3,(H,15,16,17).